The highest BCUT2D eigenvalue weighted by Gasteiger charge is 2.37. The van der Waals surface area contributed by atoms with Crippen LogP contribution in [0.2, 0.25) is 0 Å². The van der Waals surface area contributed by atoms with Crippen LogP contribution < -0.4 is 9.64 Å². The van der Waals surface area contributed by atoms with Gasteiger partial charge in [-0.25, -0.2) is 0 Å². The third-order valence-electron chi connectivity index (χ3n) is 5.27. The fraction of sp³-hybridized carbons (Fsp3) is 0.286. The standard InChI is InChI=1S/C21H19N3O6/c1-2-17-21(27)22(16-12-13(24(28)29)8-9-18(16)30-17)10-5-11-23-19(25)14-6-3-4-7-15(14)20(23)26/h3-4,6-9,12,17H,2,5,10-11H2,1H3. The molecule has 154 valence electrons. The number of nitro benzene ring substituents is 1. The van der Waals surface area contributed by atoms with E-state index in [0.717, 1.165) is 0 Å². The lowest BCUT2D eigenvalue weighted by molar-refractivity contribution is -0.384. The summed E-state index contributed by atoms with van der Waals surface area (Å²) >= 11 is 0. The summed E-state index contributed by atoms with van der Waals surface area (Å²) in [6, 6.07) is 10.8. The van der Waals surface area contributed by atoms with Crippen molar-refractivity contribution in [3.8, 4) is 5.75 Å². The van der Waals surface area contributed by atoms with E-state index >= 15 is 0 Å². The van der Waals surface area contributed by atoms with Crippen LogP contribution in [0.25, 0.3) is 0 Å². The molecule has 0 radical (unpaired) electrons. The van der Waals surface area contributed by atoms with E-state index in [1.54, 1.807) is 24.3 Å². The first-order valence-corrected chi connectivity index (χ1v) is 9.64. The third kappa shape index (κ3) is 3.18. The van der Waals surface area contributed by atoms with Crippen molar-refractivity contribution < 1.29 is 24.0 Å². The number of amides is 3. The molecule has 0 aromatic heterocycles. The van der Waals surface area contributed by atoms with Crippen LogP contribution in [0.1, 0.15) is 40.5 Å². The number of fused-ring (bicyclic) bond motifs is 2. The molecule has 2 aliphatic rings. The highest BCUT2D eigenvalue weighted by atomic mass is 16.6. The van der Waals surface area contributed by atoms with Gasteiger partial charge in [0.25, 0.3) is 23.4 Å². The van der Waals surface area contributed by atoms with Crippen LogP contribution in [0, 0.1) is 10.1 Å². The van der Waals surface area contributed by atoms with Crippen LogP contribution in [0.5, 0.6) is 5.75 Å². The average Bonchev–Trinajstić information content (AvgIpc) is 2.99. The molecule has 30 heavy (non-hydrogen) atoms. The predicted octanol–water partition coefficient (Wildman–Crippen LogP) is 2.79. The molecule has 2 heterocycles. The number of benzene rings is 2. The number of hydrogen-bond donors (Lipinski definition) is 0. The number of rotatable bonds is 6. The minimum Gasteiger partial charge on any atom is -0.478 e. The van der Waals surface area contributed by atoms with Gasteiger partial charge in [-0.2, -0.15) is 0 Å². The summed E-state index contributed by atoms with van der Waals surface area (Å²) in [5.74, 6) is -0.613. The Balaban J connectivity index is 1.52. The van der Waals surface area contributed by atoms with Crippen LogP contribution >= 0.6 is 0 Å². The Morgan fingerprint density at radius 2 is 1.63 bits per heavy atom. The number of hydrogen-bond acceptors (Lipinski definition) is 6. The Bertz CT molecular complexity index is 1030. The van der Waals surface area contributed by atoms with Crippen molar-refractivity contribution in [2.24, 2.45) is 0 Å². The zero-order chi connectivity index (χ0) is 21.4. The number of ether oxygens (including phenoxy) is 1. The number of non-ortho nitro benzene ring substituents is 1. The lowest BCUT2D eigenvalue weighted by atomic mass is 10.1. The van der Waals surface area contributed by atoms with Gasteiger partial charge in [-0.15, -0.1) is 0 Å². The Kier molecular flexibility index (Phi) is 4.94. The number of anilines is 1. The maximum atomic E-state index is 12.8. The van der Waals surface area contributed by atoms with Crippen molar-refractivity contribution in [2.45, 2.75) is 25.9 Å². The predicted molar refractivity (Wildman–Crippen MR) is 107 cm³/mol. The summed E-state index contributed by atoms with van der Waals surface area (Å²) in [6.45, 7) is 2.15. The van der Waals surface area contributed by atoms with Crippen molar-refractivity contribution in [2.75, 3.05) is 18.0 Å². The zero-order valence-electron chi connectivity index (χ0n) is 16.2. The van der Waals surface area contributed by atoms with Gasteiger partial charge < -0.3 is 9.64 Å². The molecule has 3 amide bonds. The minimum absolute atomic E-state index is 0.137. The van der Waals surface area contributed by atoms with Gasteiger partial charge in [0.15, 0.2) is 6.10 Å². The lowest BCUT2D eigenvalue weighted by Gasteiger charge is -2.34. The average molecular weight is 409 g/mol. The second kappa shape index (κ2) is 7.58. The van der Waals surface area contributed by atoms with E-state index in [1.165, 1.54) is 28.0 Å². The molecule has 9 nitrogen and oxygen atoms in total. The molecule has 1 unspecified atom stereocenters. The Labute approximate surface area is 172 Å². The number of carbonyl (C=O) groups excluding carboxylic acids is 3. The molecule has 1 atom stereocenters. The second-order valence-corrected chi connectivity index (χ2v) is 7.07. The molecule has 2 aromatic carbocycles. The van der Waals surface area contributed by atoms with Gasteiger partial charge >= 0.3 is 0 Å². The van der Waals surface area contributed by atoms with E-state index in [0.29, 0.717) is 35.4 Å². The summed E-state index contributed by atoms with van der Waals surface area (Å²) in [5, 5.41) is 11.1. The van der Waals surface area contributed by atoms with Crippen molar-refractivity contribution in [3.05, 3.63) is 63.7 Å². The topological polar surface area (TPSA) is 110 Å². The largest absolute Gasteiger partial charge is 0.478 e. The maximum Gasteiger partial charge on any atom is 0.271 e. The summed E-state index contributed by atoms with van der Waals surface area (Å²) in [4.78, 5) is 51.0. The molecule has 0 saturated carbocycles. The first-order chi connectivity index (χ1) is 14.4. The minimum atomic E-state index is -0.682. The van der Waals surface area contributed by atoms with Gasteiger partial charge in [-0.05, 0) is 31.0 Å². The van der Waals surface area contributed by atoms with E-state index < -0.39 is 11.0 Å². The fourth-order valence-corrected chi connectivity index (χ4v) is 3.74. The quantitative estimate of drug-likeness (QED) is 0.412. The van der Waals surface area contributed by atoms with Crippen molar-refractivity contribution in [3.63, 3.8) is 0 Å². The monoisotopic (exact) mass is 409 g/mol. The highest BCUT2D eigenvalue weighted by molar-refractivity contribution is 6.21. The van der Waals surface area contributed by atoms with Crippen molar-refractivity contribution >= 4 is 29.1 Å². The molecule has 2 aliphatic heterocycles. The SMILES string of the molecule is CCC1Oc2ccc([N+](=O)[O-])cc2N(CCCN2C(=O)c3ccccc3C2=O)C1=O. The first kappa shape index (κ1) is 19.6. The van der Waals surface area contributed by atoms with Crippen LogP contribution in [-0.4, -0.2) is 46.7 Å². The second-order valence-electron chi connectivity index (χ2n) is 7.07. The fourth-order valence-electron chi connectivity index (χ4n) is 3.74. The van der Waals surface area contributed by atoms with Gasteiger partial charge in [0.05, 0.1) is 21.7 Å². The van der Waals surface area contributed by atoms with Crippen molar-refractivity contribution in [1.29, 1.82) is 0 Å². The molecule has 0 N–H and O–H groups in total. The molecule has 0 aliphatic carbocycles. The molecule has 0 spiro atoms. The summed E-state index contributed by atoms with van der Waals surface area (Å²) in [7, 11) is 0. The normalized spacial score (nSPS) is 17.6. The molecular weight excluding hydrogens is 390 g/mol. The number of nitro groups is 1. The lowest BCUT2D eigenvalue weighted by Crippen LogP contribution is -2.46. The first-order valence-electron chi connectivity index (χ1n) is 9.64. The molecule has 0 bridgehead atoms. The van der Waals surface area contributed by atoms with Crippen LogP contribution in [0.15, 0.2) is 42.5 Å². The van der Waals surface area contributed by atoms with Crippen LogP contribution in [0.4, 0.5) is 11.4 Å². The van der Waals surface area contributed by atoms with Crippen LogP contribution in [-0.2, 0) is 4.79 Å². The molecule has 9 heteroatoms. The van der Waals surface area contributed by atoms with Gasteiger partial charge in [0, 0.05) is 25.2 Å². The number of nitrogens with zero attached hydrogens (tertiary/aromatic N) is 3. The Hall–Kier alpha value is -3.75. The molecule has 4 rings (SSSR count). The molecule has 0 fully saturated rings. The van der Waals surface area contributed by atoms with E-state index in [-0.39, 0.29) is 36.5 Å². The van der Waals surface area contributed by atoms with E-state index in [1.807, 2.05) is 6.92 Å². The summed E-state index contributed by atoms with van der Waals surface area (Å²) < 4.78 is 5.68. The van der Waals surface area contributed by atoms with Gasteiger partial charge in [0.2, 0.25) is 0 Å². The Morgan fingerprint density at radius 3 is 2.23 bits per heavy atom. The smallest absolute Gasteiger partial charge is 0.271 e. The highest BCUT2D eigenvalue weighted by Crippen LogP contribution is 2.37. The molecule has 2 aromatic rings. The maximum absolute atomic E-state index is 12.8. The van der Waals surface area contributed by atoms with Crippen LogP contribution in [0.3, 0.4) is 0 Å². The van der Waals surface area contributed by atoms with Gasteiger partial charge in [0.1, 0.15) is 5.75 Å². The summed E-state index contributed by atoms with van der Waals surface area (Å²) in [6.07, 6.45) is 0.0956. The third-order valence-corrected chi connectivity index (χ3v) is 5.27. The number of imide groups is 1. The van der Waals surface area contributed by atoms with Crippen molar-refractivity contribution in [1.82, 2.24) is 4.90 Å². The van der Waals surface area contributed by atoms with Gasteiger partial charge in [-0.3, -0.25) is 29.4 Å². The zero-order valence-corrected chi connectivity index (χ0v) is 16.2. The molecule has 0 saturated heterocycles. The van der Waals surface area contributed by atoms with E-state index in [9.17, 15) is 24.5 Å². The Morgan fingerprint density at radius 1 is 1.00 bits per heavy atom. The summed E-state index contributed by atoms with van der Waals surface area (Å²) in [5.41, 5.74) is 0.917. The van der Waals surface area contributed by atoms with E-state index in [2.05, 4.69) is 0 Å². The molecular formula is C21H19N3O6. The number of carbonyl (C=O) groups is 3. The van der Waals surface area contributed by atoms with Gasteiger partial charge in [-0.1, -0.05) is 19.1 Å². The van der Waals surface area contributed by atoms with E-state index in [4.69, 9.17) is 4.74 Å².